The fraction of sp³-hybridized carbons (Fsp3) is 0. The van der Waals surface area contributed by atoms with Crippen LogP contribution in [0.25, 0.3) is 5.65 Å². The van der Waals surface area contributed by atoms with E-state index in [1.807, 2.05) is 12.1 Å². The summed E-state index contributed by atoms with van der Waals surface area (Å²) in [6.45, 7) is 0. The predicted molar refractivity (Wildman–Crippen MR) is 46.5 cm³/mol. The number of pyridine rings is 1. The van der Waals surface area contributed by atoms with Gasteiger partial charge in [0.1, 0.15) is 17.5 Å². The molecule has 66 valence electrons. The summed E-state index contributed by atoms with van der Waals surface area (Å²) in [4.78, 5) is 14.9. The van der Waals surface area contributed by atoms with Crippen molar-refractivity contribution >= 4 is 23.5 Å². The Bertz CT molecular complexity index is 419. The minimum atomic E-state index is -0.648. The molecule has 0 saturated heterocycles. The van der Waals surface area contributed by atoms with Gasteiger partial charge >= 0.3 is 5.97 Å². The Morgan fingerprint density at radius 2 is 2.38 bits per heavy atom. The molecular formula is C8H5ClN2O2. The van der Waals surface area contributed by atoms with Crippen LogP contribution in [-0.4, -0.2) is 15.4 Å². The fourth-order valence-corrected chi connectivity index (χ4v) is 1.15. The highest BCUT2D eigenvalue weighted by molar-refractivity contribution is 6.15. The maximum absolute atomic E-state index is 11.0. The third kappa shape index (κ3) is 1.36. The zero-order chi connectivity index (χ0) is 9.26. The van der Waals surface area contributed by atoms with E-state index in [0.717, 1.165) is 0 Å². The van der Waals surface area contributed by atoms with E-state index in [1.165, 1.54) is 0 Å². The van der Waals surface area contributed by atoms with Crippen LogP contribution in [0.4, 0.5) is 0 Å². The number of carbonyl (C=O) groups excluding carboxylic acids is 1. The molecule has 0 bridgehead atoms. The molecular weight excluding hydrogens is 192 g/mol. The van der Waals surface area contributed by atoms with Crippen LogP contribution in [0, 0.1) is 0 Å². The van der Waals surface area contributed by atoms with Crippen LogP contribution in [0.2, 0.25) is 0 Å². The molecule has 2 rings (SSSR count). The number of hydrogen-bond donors (Lipinski definition) is 0. The number of carbonyl (C=O) groups is 1. The molecule has 0 fully saturated rings. The van der Waals surface area contributed by atoms with Crippen LogP contribution in [0.3, 0.4) is 0 Å². The molecule has 0 aliphatic rings. The van der Waals surface area contributed by atoms with Gasteiger partial charge in [-0.05, 0) is 12.1 Å². The van der Waals surface area contributed by atoms with Gasteiger partial charge in [0.2, 0.25) is 0 Å². The molecule has 2 aromatic rings. The highest BCUT2D eigenvalue weighted by atomic mass is 35.5. The zero-order valence-electron chi connectivity index (χ0n) is 6.48. The molecule has 0 aromatic carbocycles. The molecule has 0 atom stereocenters. The number of fused-ring (bicyclic) bond motifs is 1. The first-order valence-corrected chi connectivity index (χ1v) is 3.89. The van der Waals surface area contributed by atoms with Gasteiger partial charge in [0, 0.05) is 12.4 Å². The summed E-state index contributed by atoms with van der Waals surface area (Å²) in [5.74, 6) is -0.648. The zero-order valence-corrected chi connectivity index (χ0v) is 7.23. The first kappa shape index (κ1) is 8.07. The first-order valence-electron chi connectivity index (χ1n) is 3.58. The van der Waals surface area contributed by atoms with Crippen LogP contribution in [0.15, 0.2) is 30.6 Å². The lowest BCUT2D eigenvalue weighted by molar-refractivity contribution is 0.0746. The van der Waals surface area contributed by atoms with E-state index in [-0.39, 0.29) is 5.69 Å². The lowest BCUT2D eigenvalue weighted by atomic mass is 10.5. The Morgan fingerprint density at radius 3 is 3.08 bits per heavy atom. The van der Waals surface area contributed by atoms with E-state index in [4.69, 9.17) is 11.9 Å². The average Bonchev–Trinajstić information content (AvgIpc) is 2.59. The topological polar surface area (TPSA) is 43.6 Å². The molecule has 0 aliphatic carbocycles. The predicted octanol–water partition coefficient (Wildman–Crippen LogP) is 1.64. The quantitative estimate of drug-likeness (QED) is 0.697. The lowest BCUT2D eigenvalue weighted by Crippen LogP contribution is -1.97. The molecule has 5 heteroatoms. The molecule has 2 heterocycles. The Labute approximate surface area is 78.9 Å². The smallest absolute Gasteiger partial charge is 0.342 e. The average molecular weight is 197 g/mol. The first-order chi connectivity index (χ1) is 6.31. The van der Waals surface area contributed by atoms with Crippen LogP contribution >= 0.6 is 11.9 Å². The SMILES string of the molecule is O=C(OCl)c1cn2ccccc2n1. The van der Waals surface area contributed by atoms with Gasteiger partial charge in [0.05, 0.1) is 0 Å². The van der Waals surface area contributed by atoms with Crippen molar-refractivity contribution in [2.45, 2.75) is 0 Å². The molecule has 0 aliphatic heterocycles. The Morgan fingerprint density at radius 1 is 1.54 bits per heavy atom. The van der Waals surface area contributed by atoms with Crippen molar-refractivity contribution in [2.24, 2.45) is 0 Å². The Balaban J connectivity index is 2.56. The minimum absolute atomic E-state index is 0.196. The molecule has 0 saturated carbocycles. The van der Waals surface area contributed by atoms with Crippen molar-refractivity contribution in [3.63, 3.8) is 0 Å². The largest absolute Gasteiger partial charge is 0.376 e. The third-order valence-electron chi connectivity index (χ3n) is 1.64. The maximum Gasteiger partial charge on any atom is 0.376 e. The molecule has 0 spiro atoms. The van der Waals surface area contributed by atoms with Gasteiger partial charge in [0.25, 0.3) is 0 Å². The number of nitrogens with zero attached hydrogens (tertiary/aromatic N) is 2. The fourth-order valence-electron chi connectivity index (χ4n) is 1.07. The van der Waals surface area contributed by atoms with Crippen molar-refractivity contribution in [3.8, 4) is 0 Å². The Kier molecular flexibility index (Phi) is 1.90. The van der Waals surface area contributed by atoms with Gasteiger partial charge in [-0.25, -0.2) is 9.78 Å². The van der Waals surface area contributed by atoms with Crippen LogP contribution in [0.5, 0.6) is 0 Å². The number of aromatic nitrogens is 2. The van der Waals surface area contributed by atoms with Gasteiger partial charge < -0.3 is 8.69 Å². The van der Waals surface area contributed by atoms with Gasteiger partial charge in [-0.2, -0.15) is 0 Å². The van der Waals surface area contributed by atoms with Gasteiger partial charge in [0.15, 0.2) is 5.69 Å². The molecule has 4 nitrogen and oxygen atoms in total. The number of halogens is 1. The van der Waals surface area contributed by atoms with Crippen LogP contribution in [0.1, 0.15) is 10.5 Å². The van der Waals surface area contributed by atoms with E-state index >= 15 is 0 Å². The summed E-state index contributed by atoms with van der Waals surface area (Å²) in [6, 6.07) is 5.45. The van der Waals surface area contributed by atoms with Crippen molar-refractivity contribution in [2.75, 3.05) is 0 Å². The maximum atomic E-state index is 11.0. The summed E-state index contributed by atoms with van der Waals surface area (Å²) in [5, 5.41) is 0. The van der Waals surface area contributed by atoms with Crippen molar-refractivity contribution in [1.82, 2.24) is 9.38 Å². The molecule has 2 aromatic heterocycles. The van der Waals surface area contributed by atoms with E-state index in [2.05, 4.69) is 9.27 Å². The molecule has 13 heavy (non-hydrogen) atoms. The second-order valence-corrected chi connectivity index (χ2v) is 2.61. The molecule has 0 amide bonds. The highest BCUT2D eigenvalue weighted by Gasteiger charge is 2.10. The van der Waals surface area contributed by atoms with Crippen molar-refractivity contribution in [1.29, 1.82) is 0 Å². The van der Waals surface area contributed by atoms with Crippen molar-refractivity contribution < 1.29 is 9.08 Å². The summed E-state index contributed by atoms with van der Waals surface area (Å²) in [6.07, 6.45) is 3.34. The monoisotopic (exact) mass is 196 g/mol. The second-order valence-electron chi connectivity index (χ2n) is 2.46. The van der Waals surface area contributed by atoms with E-state index in [1.54, 1.807) is 22.9 Å². The summed E-state index contributed by atoms with van der Waals surface area (Å²) >= 11 is 4.92. The summed E-state index contributed by atoms with van der Waals surface area (Å²) < 4.78 is 5.73. The third-order valence-corrected chi connectivity index (χ3v) is 1.78. The van der Waals surface area contributed by atoms with Gasteiger partial charge in [-0.15, -0.1) is 0 Å². The highest BCUT2D eigenvalue weighted by Crippen LogP contribution is 2.06. The lowest BCUT2D eigenvalue weighted by Gasteiger charge is -1.86. The van der Waals surface area contributed by atoms with Crippen LogP contribution < -0.4 is 0 Å². The van der Waals surface area contributed by atoms with E-state index in [0.29, 0.717) is 5.65 Å². The van der Waals surface area contributed by atoms with E-state index < -0.39 is 5.97 Å². The van der Waals surface area contributed by atoms with E-state index in [9.17, 15) is 4.79 Å². The summed E-state index contributed by atoms with van der Waals surface area (Å²) in [7, 11) is 0. The minimum Gasteiger partial charge on any atom is -0.342 e. The number of hydrogen-bond acceptors (Lipinski definition) is 3. The van der Waals surface area contributed by atoms with Gasteiger partial charge in [-0.3, -0.25) is 0 Å². The van der Waals surface area contributed by atoms with Crippen LogP contribution in [-0.2, 0) is 4.29 Å². The number of imidazole rings is 1. The normalized spacial score (nSPS) is 10.2. The number of rotatable bonds is 1. The Hall–Kier alpha value is -1.55. The second kappa shape index (κ2) is 3.06. The molecule has 0 unspecified atom stereocenters. The molecule has 0 N–H and O–H groups in total. The van der Waals surface area contributed by atoms with Gasteiger partial charge in [-0.1, -0.05) is 6.07 Å². The standard InChI is InChI=1S/C8H5ClN2O2/c9-13-8(12)6-5-11-4-2-1-3-7(11)10-6/h1-5H. The molecule has 0 radical (unpaired) electrons. The summed E-state index contributed by atoms with van der Waals surface area (Å²) in [5.41, 5.74) is 0.876. The van der Waals surface area contributed by atoms with Crippen molar-refractivity contribution in [3.05, 3.63) is 36.3 Å².